The summed E-state index contributed by atoms with van der Waals surface area (Å²) in [4.78, 5) is 9.90. The molecule has 1 aromatic carbocycles. The highest BCUT2D eigenvalue weighted by Crippen LogP contribution is 2.29. The van der Waals surface area contributed by atoms with E-state index in [4.69, 9.17) is 5.73 Å². The minimum Gasteiger partial charge on any atom is -0.324 e. The van der Waals surface area contributed by atoms with Gasteiger partial charge in [0.05, 0.1) is 11.3 Å². The lowest BCUT2D eigenvalue weighted by Gasteiger charge is -2.14. The molecular formula is C10H11F3N2O2. The normalized spacial score (nSPS) is 13.5. The van der Waals surface area contributed by atoms with E-state index in [-0.39, 0.29) is 11.3 Å². The fourth-order valence-corrected chi connectivity index (χ4v) is 1.48. The number of alkyl halides is 3. The highest BCUT2D eigenvalue weighted by Gasteiger charge is 2.31. The van der Waals surface area contributed by atoms with Crippen LogP contribution in [0.3, 0.4) is 0 Å². The van der Waals surface area contributed by atoms with E-state index in [0.717, 1.165) is 6.07 Å². The Morgan fingerprint density at radius 1 is 1.41 bits per heavy atom. The van der Waals surface area contributed by atoms with Crippen molar-refractivity contribution in [2.24, 2.45) is 5.73 Å². The maximum absolute atomic E-state index is 12.1. The minimum absolute atomic E-state index is 0.119. The molecule has 0 amide bonds. The van der Waals surface area contributed by atoms with E-state index in [1.807, 2.05) is 0 Å². The molecule has 0 spiro atoms. The first kappa shape index (κ1) is 13.4. The molecule has 0 saturated heterocycles. The first-order valence-electron chi connectivity index (χ1n) is 4.77. The Bertz CT molecular complexity index is 432. The summed E-state index contributed by atoms with van der Waals surface area (Å²) < 4.78 is 36.4. The van der Waals surface area contributed by atoms with Crippen LogP contribution in [0.2, 0.25) is 0 Å². The van der Waals surface area contributed by atoms with Gasteiger partial charge in [-0.3, -0.25) is 10.1 Å². The molecule has 94 valence electrons. The molecule has 0 aliphatic carbocycles. The summed E-state index contributed by atoms with van der Waals surface area (Å²) in [5.41, 5.74) is 5.75. The molecule has 1 atom stereocenters. The zero-order chi connectivity index (χ0) is 13.2. The van der Waals surface area contributed by atoms with Crippen molar-refractivity contribution < 1.29 is 18.1 Å². The number of hydrogen-bond donors (Lipinski definition) is 1. The number of benzene rings is 1. The fraction of sp³-hybridized carbons (Fsp3) is 0.400. The number of hydrogen-bond acceptors (Lipinski definition) is 3. The Labute approximate surface area is 95.4 Å². The molecule has 0 aromatic heterocycles. The van der Waals surface area contributed by atoms with Gasteiger partial charge in [-0.25, -0.2) is 0 Å². The van der Waals surface area contributed by atoms with Gasteiger partial charge < -0.3 is 5.73 Å². The second kappa shape index (κ2) is 4.70. The van der Waals surface area contributed by atoms with E-state index in [2.05, 4.69) is 0 Å². The van der Waals surface area contributed by atoms with Crippen molar-refractivity contribution in [1.82, 2.24) is 0 Å². The fourth-order valence-electron chi connectivity index (χ4n) is 1.48. The Morgan fingerprint density at radius 3 is 2.47 bits per heavy atom. The third kappa shape index (κ3) is 4.03. The van der Waals surface area contributed by atoms with E-state index in [9.17, 15) is 23.3 Å². The lowest BCUT2D eigenvalue weighted by atomic mass is 10.0. The van der Waals surface area contributed by atoms with Gasteiger partial charge >= 0.3 is 6.18 Å². The molecule has 4 nitrogen and oxygen atoms in total. The van der Waals surface area contributed by atoms with Crippen LogP contribution < -0.4 is 5.73 Å². The molecule has 0 aliphatic rings. The largest absolute Gasteiger partial charge is 0.390 e. The zero-order valence-electron chi connectivity index (χ0n) is 8.99. The number of nitro benzene ring substituents is 1. The SMILES string of the molecule is Cc1cc(C(N)CC(F)(F)F)cc([N+](=O)[O-])c1. The third-order valence-corrected chi connectivity index (χ3v) is 2.17. The van der Waals surface area contributed by atoms with Gasteiger partial charge in [0.1, 0.15) is 0 Å². The van der Waals surface area contributed by atoms with Crippen molar-refractivity contribution in [3.8, 4) is 0 Å². The van der Waals surface area contributed by atoms with Crippen LogP contribution in [0.1, 0.15) is 23.6 Å². The number of halogens is 3. The van der Waals surface area contributed by atoms with Gasteiger partial charge in [0.25, 0.3) is 5.69 Å². The molecular weight excluding hydrogens is 237 g/mol. The van der Waals surface area contributed by atoms with Crippen LogP contribution >= 0.6 is 0 Å². The van der Waals surface area contributed by atoms with Crippen LogP contribution in [0.4, 0.5) is 18.9 Å². The predicted molar refractivity (Wildman–Crippen MR) is 55.4 cm³/mol. The van der Waals surface area contributed by atoms with Crippen LogP contribution in [0.5, 0.6) is 0 Å². The van der Waals surface area contributed by atoms with Crippen LogP contribution in [0.25, 0.3) is 0 Å². The monoisotopic (exact) mass is 248 g/mol. The average molecular weight is 248 g/mol. The average Bonchev–Trinajstić information content (AvgIpc) is 2.13. The number of rotatable bonds is 3. The van der Waals surface area contributed by atoms with Gasteiger partial charge in [-0.05, 0) is 18.1 Å². The van der Waals surface area contributed by atoms with Crippen molar-refractivity contribution in [3.05, 3.63) is 39.4 Å². The lowest BCUT2D eigenvalue weighted by molar-refractivity contribution is -0.385. The summed E-state index contributed by atoms with van der Waals surface area (Å²) in [5.74, 6) is 0. The molecule has 1 unspecified atom stereocenters. The van der Waals surface area contributed by atoms with Crippen molar-refractivity contribution in [2.75, 3.05) is 0 Å². The molecule has 0 saturated carbocycles. The zero-order valence-corrected chi connectivity index (χ0v) is 8.99. The molecule has 0 heterocycles. The van der Waals surface area contributed by atoms with E-state index < -0.39 is 23.6 Å². The molecule has 0 aliphatic heterocycles. The Morgan fingerprint density at radius 2 is 2.00 bits per heavy atom. The summed E-state index contributed by atoms with van der Waals surface area (Å²) in [6.45, 7) is 1.57. The van der Waals surface area contributed by atoms with Crippen molar-refractivity contribution in [3.63, 3.8) is 0 Å². The molecule has 1 aromatic rings. The smallest absolute Gasteiger partial charge is 0.324 e. The van der Waals surface area contributed by atoms with Gasteiger partial charge in [-0.1, -0.05) is 6.07 Å². The van der Waals surface area contributed by atoms with E-state index in [1.54, 1.807) is 6.92 Å². The highest BCUT2D eigenvalue weighted by molar-refractivity contribution is 5.40. The number of aryl methyl sites for hydroxylation is 1. The summed E-state index contributed by atoms with van der Waals surface area (Å²) in [5, 5.41) is 10.6. The number of nitrogens with two attached hydrogens (primary N) is 1. The third-order valence-electron chi connectivity index (χ3n) is 2.17. The standard InChI is InChI=1S/C10H11F3N2O2/c1-6-2-7(4-8(3-6)15(16)17)9(14)5-10(11,12)13/h2-4,9H,5,14H2,1H3. The molecule has 0 radical (unpaired) electrons. The second-order valence-electron chi connectivity index (χ2n) is 3.78. The van der Waals surface area contributed by atoms with Crippen molar-refractivity contribution in [1.29, 1.82) is 0 Å². The first-order chi connectivity index (χ1) is 7.69. The highest BCUT2D eigenvalue weighted by atomic mass is 19.4. The number of nitro groups is 1. The van der Waals surface area contributed by atoms with Gasteiger partial charge in [0.2, 0.25) is 0 Å². The van der Waals surface area contributed by atoms with E-state index in [1.165, 1.54) is 12.1 Å². The van der Waals surface area contributed by atoms with E-state index >= 15 is 0 Å². The van der Waals surface area contributed by atoms with Crippen LogP contribution in [-0.2, 0) is 0 Å². The first-order valence-corrected chi connectivity index (χ1v) is 4.77. The molecule has 0 bridgehead atoms. The van der Waals surface area contributed by atoms with Gasteiger partial charge in [-0.2, -0.15) is 13.2 Å². The molecule has 7 heteroatoms. The maximum atomic E-state index is 12.1. The topological polar surface area (TPSA) is 69.2 Å². The van der Waals surface area contributed by atoms with Crippen molar-refractivity contribution in [2.45, 2.75) is 25.6 Å². The van der Waals surface area contributed by atoms with Gasteiger partial charge in [0.15, 0.2) is 0 Å². The lowest BCUT2D eigenvalue weighted by Crippen LogP contribution is -2.20. The Kier molecular flexibility index (Phi) is 3.72. The second-order valence-corrected chi connectivity index (χ2v) is 3.78. The summed E-state index contributed by atoms with van der Waals surface area (Å²) in [6.07, 6.45) is -5.59. The Hall–Kier alpha value is -1.63. The van der Waals surface area contributed by atoms with Gasteiger partial charge in [0, 0.05) is 18.2 Å². The quantitative estimate of drug-likeness (QED) is 0.660. The summed E-state index contributed by atoms with van der Waals surface area (Å²) >= 11 is 0. The van der Waals surface area contributed by atoms with E-state index in [0.29, 0.717) is 5.56 Å². The summed E-state index contributed by atoms with van der Waals surface area (Å²) in [7, 11) is 0. The van der Waals surface area contributed by atoms with Gasteiger partial charge in [-0.15, -0.1) is 0 Å². The van der Waals surface area contributed by atoms with Crippen LogP contribution in [0.15, 0.2) is 18.2 Å². The maximum Gasteiger partial charge on any atom is 0.390 e. The molecule has 2 N–H and O–H groups in total. The molecule has 17 heavy (non-hydrogen) atoms. The molecule has 1 rings (SSSR count). The summed E-state index contributed by atoms with van der Waals surface area (Å²) in [6, 6.07) is 2.49. The number of nitrogens with zero attached hydrogens (tertiary/aromatic N) is 1. The van der Waals surface area contributed by atoms with Crippen molar-refractivity contribution >= 4 is 5.69 Å². The minimum atomic E-state index is -4.39. The molecule has 0 fully saturated rings. The van der Waals surface area contributed by atoms with Crippen LogP contribution in [-0.4, -0.2) is 11.1 Å². The number of non-ortho nitro benzene ring substituents is 1. The van der Waals surface area contributed by atoms with Crippen LogP contribution in [0, 0.1) is 17.0 Å². The Balaban J connectivity index is 3.01. The predicted octanol–water partition coefficient (Wildman–Crippen LogP) is 2.86.